The first-order valence-corrected chi connectivity index (χ1v) is 9.20. The van der Waals surface area contributed by atoms with Crippen molar-refractivity contribution < 1.29 is 31.1 Å². The summed E-state index contributed by atoms with van der Waals surface area (Å²) < 4.78 is 89.1. The first-order chi connectivity index (χ1) is 15.3. The summed E-state index contributed by atoms with van der Waals surface area (Å²) in [5.74, 6) is -1.53. The van der Waals surface area contributed by atoms with Crippen LogP contribution in [0.1, 0.15) is 11.1 Å². The van der Waals surface area contributed by atoms with E-state index >= 15 is 0 Å². The Morgan fingerprint density at radius 1 is 0.594 bits per heavy atom. The van der Waals surface area contributed by atoms with Crippen molar-refractivity contribution in [3.8, 4) is 28.7 Å². The molecule has 4 rings (SSSR count). The molecule has 0 heterocycles. The fourth-order valence-electron chi connectivity index (χ4n) is 3.23. The van der Waals surface area contributed by atoms with Crippen molar-refractivity contribution in [2.75, 3.05) is 7.11 Å². The predicted octanol–water partition coefficient (Wildman–Crippen LogP) is 6.75. The van der Waals surface area contributed by atoms with Gasteiger partial charge in [0.05, 0.1) is 18.2 Å². The van der Waals surface area contributed by atoms with Crippen LogP contribution in [0.5, 0.6) is 5.75 Å². The van der Waals surface area contributed by atoms with Crippen molar-refractivity contribution >= 4 is 10.8 Å². The third kappa shape index (κ3) is 4.00. The Balaban J connectivity index is 1.73. The van der Waals surface area contributed by atoms with E-state index in [9.17, 15) is 26.3 Å². The SMILES string of the molecule is COc1cc(F)c(-c2cc(F)c(C#Cc3ccc4cc(F)c(F)cc4c3)c(F)c2)c(F)c1. The van der Waals surface area contributed by atoms with Crippen LogP contribution in [-0.4, -0.2) is 7.11 Å². The molecule has 0 amide bonds. The fourth-order valence-corrected chi connectivity index (χ4v) is 3.23. The van der Waals surface area contributed by atoms with Gasteiger partial charge in [0.1, 0.15) is 29.0 Å². The lowest BCUT2D eigenvalue weighted by atomic mass is 10.0. The summed E-state index contributed by atoms with van der Waals surface area (Å²) in [6, 6.07) is 9.79. The molecule has 0 aliphatic heterocycles. The van der Waals surface area contributed by atoms with Gasteiger partial charge < -0.3 is 4.74 Å². The molecule has 0 aliphatic rings. The second-order valence-corrected chi connectivity index (χ2v) is 6.86. The number of fused-ring (bicyclic) bond motifs is 1. The average molecular weight is 442 g/mol. The van der Waals surface area contributed by atoms with Gasteiger partial charge in [0.2, 0.25) is 0 Å². The summed E-state index contributed by atoms with van der Waals surface area (Å²) in [6.45, 7) is 0. The van der Waals surface area contributed by atoms with E-state index in [4.69, 9.17) is 4.74 Å². The summed E-state index contributed by atoms with van der Waals surface area (Å²) >= 11 is 0. The Bertz CT molecular complexity index is 1390. The Kier molecular flexibility index (Phi) is 5.54. The molecule has 0 aliphatic carbocycles. The fraction of sp³-hybridized carbons (Fsp3) is 0.0400. The van der Waals surface area contributed by atoms with Gasteiger partial charge in [0, 0.05) is 17.7 Å². The van der Waals surface area contributed by atoms with Gasteiger partial charge in [-0.2, -0.15) is 0 Å². The van der Waals surface area contributed by atoms with Crippen LogP contribution in [0.3, 0.4) is 0 Å². The normalized spacial score (nSPS) is 10.7. The Morgan fingerprint density at radius 2 is 1.19 bits per heavy atom. The highest BCUT2D eigenvalue weighted by Crippen LogP contribution is 2.31. The van der Waals surface area contributed by atoms with Crippen LogP contribution in [0.4, 0.5) is 26.3 Å². The van der Waals surface area contributed by atoms with Crippen molar-refractivity contribution in [2.24, 2.45) is 0 Å². The monoisotopic (exact) mass is 442 g/mol. The molecule has 0 unspecified atom stereocenters. The number of methoxy groups -OCH3 is 1. The van der Waals surface area contributed by atoms with Crippen LogP contribution < -0.4 is 4.74 Å². The summed E-state index contributed by atoms with van der Waals surface area (Å²) in [5, 5.41) is 0.789. The molecule has 0 aromatic heterocycles. The minimum atomic E-state index is -1.11. The molecule has 0 saturated carbocycles. The first kappa shape index (κ1) is 21.3. The molecule has 1 nitrogen and oxygen atoms in total. The zero-order valence-corrected chi connectivity index (χ0v) is 16.4. The Morgan fingerprint density at radius 3 is 1.78 bits per heavy atom. The third-order valence-corrected chi connectivity index (χ3v) is 4.79. The van der Waals surface area contributed by atoms with E-state index in [0.717, 1.165) is 36.4 Å². The number of hydrogen-bond acceptors (Lipinski definition) is 1. The number of hydrogen-bond donors (Lipinski definition) is 0. The van der Waals surface area contributed by atoms with E-state index in [1.807, 2.05) is 0 Å². The van der Waals surface area contributed by atoms with E-state index in [1.54, 1.807) is 0 Å². The van der Waals surface area contributed by atoms with E-state index in [0.29, 0.717) is 16.3 Å². The summed E-state index contributed by atoms with van der Waals surface area (Å²) in [4.78, 5) is 0. The van der Waals surface area contributed by atoms with Gasteiger partial charge in [0.15, 0.2) is 11.6 Å². The number of rotatable bonds is 2. The molecular weight excluding hydrogens is 430 g/mol. The van der Waals surface area contributed by atoms with E-state index in [2.05, 4.69) is 11.8 Å². The smallest absolute Gasteiger partial charge is 0.159 e. The summed E-state index contributed by atoms with van der Waals surface area (Å²) in [5.41, 5.74) is -1.25. The van der Waals surface area contributed by atoms with Crippen LogP contribution in [0, 0.1) is 46.7 Å². The highest BCUT2D eigenvalue weighted by Gasteiger charge is 2.18. The van der Waals surface area contributed by atoms with Crippen molar-refractivity contribution in [2.45, 2.75) is 0 Å². The third-order valence-electron chi connectivity index (χ3n) is 4.79. The maximum absolute atomic E-state index is 14.6. The van der Waals surface area contributed by atoms with E-state index in [-0.39, 0.29) is 11.3 Å². The topological polar surface area (TPSA) is 9.23 Å². The summed E-state index contributed by atoms with van der Waals surface area (Å²) in [7, 11) is 1.23. The highest BCUT2D eigenvalue weighted by molar-refractivity contribution is 5.84. The standard InChI is InChI=1S/C25H12F6O/c1-32-17-11-23(30)25(24(31)12-17)16-9-19(26)18(20(27)10-16)5-3-13-2-4-14-7-21(28)22(29)8-15(14)6-13/h2,4,6-12H,1H3. The zero-order valence-electron chi connectivity index (χ0n) is 16.4. The molecule has 0 N–H and O–H groups in total. The molecule has 0 spiro atoms. The molecule has 7 heteroatoms. The molecule has 0 radical (unpaired) electrons. The maximum Gasteiger partial charge on any atom is 0.159 e. The van der Waals surface area contributed by atoms with Crippen LogP contribution >= 0.6 is 0 Å². The Labute approximate surface area is 178 Å². The van der Waals surface area contributed by atoms with Crippen LogP contribution in [-0.2, 0) is 0 Å². The van der Waals surface area contributed by atoms with Gasteiger partial charge in [-0.3, -0.25) is 0 Å². The Hall–Kier alpha value is -3.92. The van der Waals surface area contributed by atoms with Crippen LogP contribution in [0.15, 0.2) is 54.6 Å². The zero-order chi connectivity index (χ0) is 23.0. The lowest BCUT2D eigenvalue weighted by molar-refractivity contribution is 0.407. The summed E-state index contributed by atoms with van der Waals surface area (Å²) in [6.07, 6.45) is 0. The van der Waals surface area contributed by atoms with Crippen molar-refractivity contribution in [3.05, 3.63) is 101 Å². The molecule has 0 fully saturated rings. The van der Waals surface area contributed by atoms with Gasteiger partial charge in [-0.25, -0.2) is 26.3 Å². The number of benzene rings is 4. The molecule has 4 aromatic rings. The van der Waals surface area contributed by atoms with Gasteiger partial charge in [-0.15, -0.1) is 0 Å². The van der Waals surface area contributed by atoms with Crippen LogP contribution in [0.2, 0.25) is 0 Å². The molecule has 0 atom stereocenters. The number of ether oxygens (including phenoxy) is 1. The van der Waals surface area contributed by atoms with Gasteiger partial charge in [0.25, 0.3) is 0 Å². The van der Waals surface area contributed by atoms with Crippen molar-refractivity contribution in [1.29, 1.82) is 0 Å². The molecule has 160 valence electrons. The molecule has 32 heavy (non-hydrogen) atoms. The molecular formula is C25H12F6O. The predicted molar refractivity (Wildman–Crippen MR) is 108 cm³/mol. The quantitative estimate of drug-likeness (QED) is 0.247. The maximum atomic E-state index is 14.6. The second kappa shape index (κ2) is 8.31. The molecule has 0 saturated heterocycles. The van der Waals surface area contributed by atoms with Crippen molar-refractivity contribution in [1.82, 2.24) is 0 Å². The van der Waals surface area contributed by atoms with Crippen LogP contribution in [0.25, 0.3) is 21.9 Å². The average Bonchev–Trinajstić information content (AvgIpc) is 2.73. The largest absolute Gasteiger partial charge is 0.497 e. The van der Waals surface area contributed by atoms with Crippen molar-refractivity contribution in [3.63, 3.8) is 0 Å². The van der Waals surface area contributed by atoms with Gasteiger partial charge >= 0.3 is 0 Å². The lowest BCUT2D eigenvalue weighted by Crippen LogP contribution is -1.97. The van der Waals surface area contributed by atoms with Gasteiger partial charge in [-0.1, -0.05) is 17.9 Å². The van der Waals surface area contributed by atoms with E-state index < -0.39 is 46.0 Å². The molecule has 0 bridgehead atoms. The minimum Gasteiger partial charge on any atom is -0.497 e. The second-order valence-electron chi connectivity index (χ2n) is 6.86. The lowest BCUT2D eigenvalue weighted by Gasteiger charge is -2.09. The minimum absolute atomic E-state index is 0.0785. The first-order valence-electron chi connectivity index (χ1n) is 9.20. The highest BCUT2D eigenvalue weighted by atomic mass is 19.2. The molecule has 4 aromatic carbocycles. The number of halogens is 6. The van der Waals surface area contributed by atoms with Gasteiger partial charge in [-0.05, 0) is 52.7 Å². The van der Waals surface area contributed by atoms with E-state index in [1.165, 1.54) is 25.3 Å².